The van der Waals surface area contributed by atoms with Crippen LogP contribution in [0.1, 0.15) is 30.5 Å². The fourth-order valence-corrected chi connectivity index (χ4v) is 3.02. The lowest BCUT2D eigenvalue weighted by Crippen LogP contribution is -2.17. The maximum Gasteiger partial charge on any atom is 0.221 e. The first kappa shape index (κ1) is 23.4. The molecular weight excluding hydrogens is 398 g/mol. The molecule has 0 saturated heterocycles. The Labute approximate surface area is 183 Å². The number of phenols is 1. The largest absolute Gasteiger partial charge is 0.508 e. The number of pyridine rings is 1. The summed E-state index contributed by atoms with van der Waals surface area (Å²) in [5, 5.41) is 12.2. The highest BCUT2D eigenvalue weighted by Crippen LogP contribution is 2.27. The fourth-order valence-electron chi connectivity index (χ4n) is 2.90. The number of anilines is 1. The highest BCUT2D eigenvalue weighted by Gasteiger charge is 2.15. The van der Waals surface area contributed by atoms with E-state index in [1.807, 2.05) is 30.5 Å². The molecule has 1 unspecified atom stereocenters. The Morgan fingerprint density at radius 3 is 2.27 bits per heavy atom. The van der Waals surface area contributed by atoms with Gasteiger partial charge in [-0.15, -0.1) is 0 Å². The van der Waals surface area contributed by atoms with Gasteiger partial charge in [0.1, 0.15) is 5.75 Å². The SMILES string of the molecule is CC(=O)Nc1ccc(O)cc1.CN(C)CCC(c1ccc(Cl)cc1)c1ccccn1. The minimum absolute atomic E-state index is 0.115. The van der Waals surface area contributed by atoms with Gasteiger partial charge in [-0.1, -0.05) is 29.8 Å². The van der Waals surface area contributed by atoms with Crippen LogP contribution in [0.3, 0.4) is 0 Å². The van der Waals surface area contributed by atoms with Crippen LogP contribution in [0.15, 0.2) is 72.9 Å². The smallest absolute Gasteiger partial charge is 0.221 e. The van der Waals surface area contributed by atoms with Crippen molar-refractivity contribution in [2.45, 2.75) is 19.3 Å². The first-order valence-electron chi connectivity index (χ1n) is 9.73. The van der Waals surface area contributed by atoms with Gasteiger partial charge in [0.2, 0.25) is 5.91 Å². The Bertz CT molecular complexity index is 898. The Morgan fingerprint density at radius 1 is 1.07 bits per heavy atom. The lowest BCUT2D eigenvalue weighted by Gasteiger charge is -2.19. The van der Waals surface area contributed by atoms with E-state index in [-0.39, 0.29) is 11.7 Å². The van der Waals surface area contributed by atoms with E-state index in [9.17, 15) is 4.79 Å². The Balaban J connectivity index is 0.000000248. The summed E-state index contributed by atoms with van der Waals surface area (Å²) in [4.78, 5) is 17.2. The molecule has 0 aliphatic rings. The molecule has 6 heteroatoms. The average Bonchev–Trinajstić information content (AvgIpc) is 2.72. The van der Waals surface area contributed by atoms with Crippen molar-refractivity contribution in [2.75, 3.05) is 26.0 Å². The minimum atomic E-state index is -0.115. The number of benzene rings is 2. The van der Waals surface area contributed by atoms with Crippen LogP contribution in [0.2, 0.25) is 5.02 Å². The van der Waals surface area contributed by atoms with Crippen molar-refractivity contribution in [3.63, 3.8) is 0 Å². The van der Waals surface area contributed by atoms with E-state index in [0.717, 1.165) is 23.7 Å². The summed E-state index contributed by atoms with van der Waals surface area (Å²) in [6.45, 7) is 2.47. The molecule has 0 radical (unpaired) electrons. The van der Waals surface area contributed by atoms with E-state index >= 15 is 0 Å². The molecule has 5 nitrogen and oxygen atoms in total. The van der Waals surface area contributed by atoms with Gasteiger partial charge in [-0.2, -0.15) is 0 Å². The highest BCUT2D eigenvalue weighted by molar-refractivity contribution is 6.30. The van der Waals surface area contributed by atoms with Crippen LogP contribution in [-0.4, -0.2) is 41.5 Å². The van der Waals surface area contributed by atoms with E-state index in [1.165, 1.54) is 24.6 Å². The van der Waals surface area contributed by atoms with Gasteiger partial charge < -0.3 is 15.3 Å². The van der Waals surface area contributed by atoms with Crippen molar-refractivity contribution < 1.29 is 9.90 Å². The van der Waals surface area contributed by atoms with Crippen molar-refractivity contribution in [3.05, 3.63) is 89.2 Å². The van der Waals surface area contributed by atoms with Crippen molar-refractivity contribution in [3.8, 4) is 5.75 Å². The standard InChI is InChI=1S/C16H19ClN2.C8H9NO2/c1-19(2)12-10-15(16-5-3-4-11-18-16)13-6-8-14(17)9-7-13;1-6(10)9-7-2-4-8(11)5-3-7/h3-9,11,15H,10,12H2,1-2H3;2-5,11H,1H3,(H,9,10). The summed E-state index contributed by atoms with van der Waals surface area (Å²) >= 11 is 5.97. The van der Waals surface area contributed by atoms with E-state index in [1.54, 1.807) is 12.1 Å². The summed E-state index contributed by atoms with van der Waals surface area (Å²) in [5.41, 5.74) is 3.08. The highest BCUT2D eigenvalue weighted by atomic mass is 35.5. The zero-order valence-corrected chi connectivity index (χ0v) is 18.3. The molecule has 0 aliphatic carbocycles. The van der Waals surface area contributed by atoms with E-state index in [0.29, 0.717) is 11.6 Å². The molecule has 0 saturated carbocycles. The number of aromatic nitrogens is 1. The molecule has 158 valence electrons. The Kier molecular flexibility index (Phi) is 9.32. The molecule has 1 atom stereocenters. The number of rotatable bonds is 6. The number of amides is 1. The molecule has 0 fully saturated rings. The van der Waals surface area contributed by atoms with Gasteiger partial charge in [0.05, 0.1) is 0 Å². The van der Waals surface area contributed by atoms with Gasteiger partial charge in [0.25, 0.3) is 0 Å². The van der Waals surface area contributed by atoms with Gasteiger partial charge in [-0.05, 0) is 81.2 Å². The number of hydrogen-bond acceptors (Lipinski definition) is 4. The van der Waals surface area contributed by atoms with Crippen LogP contribution in [0, 0.1) is 0 Å². The lowest BCUT2D eigenvalue weighted by atomic mass is 9.92. The molecule has 30 heavy (non-hydrogen) atoms. The summed E-state index contributed by atoms with van der Waals surface area (Å²) in [7, 11) is 4.19. The summed E-state index contributed by atoms with van der Waals surface area (Å²) in [6.07, 6.45) is 2.90. The molecule has 3 aromatic rings. The first-order chi connectivity index (χ1) is 14.3. The van der Waals surface area contributed by atoms with Gasteiger partial charge in [0.15, 0.2) is 0 Å². The number of phenolic OH excluding ortho intramolecular Hbond substituents is 1. The van der Waals surface area contributed by atoms with Crippen molar-refractivity contribution in [1.82, 2.24) is 9.88 Å². The molecule has 0 spiro atoms. The molecular formula is C24H28ClN3O2. The molecule has 3 rings (SSSR count). The number of aromatic hydroxyl groups is 1. The zero-order valence-electron chi connectivity index (χ0n) is 17.5. The second kappa shape index (κ2) is 12.0. The average molecular weight is 426 g/mol. The molecule has 2 aromatic carbocycles. The lowest BCUT2D eigenvalue weighted by molar-refractivity contribution is -0.114. The van der Waals surface area contributed by atoms with Crippen LogP contribution in [0.25, 0.3) is 0 Å². The summed E-state index contributed by atoms with van der Waals surface area (Å²) < 4.78 is 0. The molecule has 1 amide bonds. The zero-order chi connectivity index (χ0) is 21.9. The van der Waals surface area contributed by atoms with Crippen molar-refractivity contribution in [1.29, 1.82) is 0 Å². The Hall–Kier alpha value is -2.89. The first-order valence-corrected chi connectivity index (χ1v) is 10.1. The van der Waals surface area contributed by atoms with E-state index in [4.69, 9.17) is 16.7 Å². The number of hydrogen-bond donors (Lipinski definition) is 2. The van der Waals surface area contributed by atoms with Crippen LogP contribution in [-0.2, 0) is 4.79 Å². The second-order valence-corrected chi connectivity index (χ2v) is 7.62. The van der Waals surface area contributed by atoms with E-state index < -0.39 is 0 Å². The van der Waals surface area contributed by atoms with Crippen LogP contribution in [0.5, 0.6) is 5.75 Å². The third-order valence-electron chi connectivity index (χ3n) is 4.37. The van der Waals surface area contributed by atoms with Gasteiger partial charge in [-0.3, -0.25) is 9.78 Å². The van der Waals surface area contributed by atoms with Gasteiger partial charge in [-0.25, -0.2) is 0 Å². The quantitative estimate of drug-likeness (QED) is 0.535. The van der Waals surface area contributed by atoms with E-state index in [2.05, 4.69) is 47.5 Å². The molecule has 1 aromatic heterocycles. The predicted molar refractivity (Wildman–Crippen MR) is 123 cm³/mol. The molecule has 1 heterocycles. The number of nitrogens with one attached hydrogen (secondary N) is 1. The number of nitrogens with zero attached hydrogens (tertiary/aromatic N) is 2. The summed E-state index contributed by atoms with van der Waals surface area (Å²) in [6, 6.07) is 20.5. The van der Waals surface area contributed by atoms with Crippen LogP contribution < -0.4 is 5.32 Å². The topological polar surface area (TPSA) is 65.5 Å². The number of carbonyl (C=O) groups excluding carboxylic acids is 1. The normalized spacial score (nSPS) is 11.4. The number of halogens is 1. The molecule has 0 bridgehead atoms. The molecule has 2 N–H and O–H groups in total. The maximum atomic E-state index is 10.5. The molecule has 0 aliphatic heterocycles. The number of carbonyl (C=O) groups is 1. The monoisotopic (exact) mass is 425 g/mol. The van der Waals surface area contributed by atoms with Crippen molar-refractivity contribution >= 4 is 23.2 Å². The minimum Gasteiger partial charge on any atom is -0.508 e. The second-order valence-electron chi connectivity index (χ2n) is 7.18. The van der Waals surface area contributed by atoms with Crippen molar-refractivity contribution in [2.24, 2.45) is 0 Å². The Morgan fingerprint density at radius 2 is 1.73 bits per heavy atom. The van der Waals surface area contributed by atoms with Gasteiger partial charge in [0, 0.05) is 35.4 Å². The summed E-state index contributed by atoms with van der Waals surface area (Å²) in [5.74, 6) is 0.399. The van der Waals surface area contributed by atoms with Crippen LogP contribution >= 0.6 is 11.6 Å². The third kappa shape index (κ3) is 8.23. The third-order valence-corrected chi connectivity index (χ3v) is 4.62. The predicted octanol–water partition coefficient (Wildman–Crippen LogP) is 5.17. The van der Waals surface area contributed by atoms with Crippen LogP contribution in [0.4, 0.5) is 5.69 Å². The maximum absolute atomic E-state index is 10.5. The van der Waals surface area contributed by atoms with Gasteiger partial charge >= 0.3 is 0 Å². The fraction of sp³-hybridized carbons (Fsp3) is 0.250.